The van der Waals surface area contributed by atoms with Crippen molar-refractivity contribution in [2.75, 3.05) is 0 Å². The van der Waals surface area contributed by atoms with Gasteiger partial charge in [-0.25, -0.2) is 4.57 Å². The first-order valence-corrected chi connectivity index (χ1v) is 6.95. The van der Waals surface area contributed by atoms with Crippen molar-refractivity contribution in [3.63, 3.8) is 0 Å². The van der Waals surface area contributed by atoms with Gasteiger partial charge in [0.05, 0.1) is 17.3 Å². The summed E-state index contributed by atoms with van der Waals surface area (Å²) in [6.07, 6.45) is 3.40. The number of H-pyrrole nitrogens is 1. The number of nitrogens with one attached hydrogen (secondary N) is 1. The van der Waals surface area contributed by atoms with Crippen molar-refractivity contribution < 1.29 is 0 Å². The summed E-state index contributed by atoms with van der Waals surface area (Å²) in [7, 11) is 1.81. The summed E-state index contributed by atoms with van der Waals surface area (Å²) in [5.74, 6) is 0. The van der Waals surface area contributed by atoms with Crippen molar-refractivity contribution in [3.05, 3.63) is 38.0 Å². The molecule has 3 rings (SSSR count). The van der Waals surface area contributed by atoms with E-state index in [9.17, 15) is 4.79 Å². The van der Waals surface area contributed by atoms with Gasteiger partial charge in [0, 0.05) is 18.1 Å². The van der Waals surface area contributed by atoms with E-state index in [0.717, 1.165) is 15.3 Å². The highest BCUT2D eigenvalue weighted by molar-refractivity contribution is 7.71. The van der Waals surface area contributed by atoms with E-state index in [1.807, 2.05) is 13.8 Å². The largest absolute Gasteiger partial charge is 0.323 e. The zero-order valence-corrected chi connectivity index (χ0v) is 12.4. The minimum Gasteiger partial charge on any atom is -0.323 e. The van der Waals surface area contributed by atoms with E-state index < -0.39 is 0 Å². The molecule has 7 heteroatoms. The van der Waals surface area contributed by atoms with Crippen molar-refractivity contribution in [2.45, 2.75) is 13.8 Å². The lowest BCUT2D eigenvalue weighted by Crippen LogP contribution is -2.20. The molecule has 0 bridgehead atoms. The normalized spacial score (nSPS) is 11.3. The van der Waals surface area contributed by atoms with Crippen LogP contribution in [0.15, 0.2) is 17.2 Å². The molecule has 19 heavy (non-hydrogen) atoms. The number of aromatic amines is 1. The van der Waals surface area contributed by atoms with Gasteiger partial charge in [-0.2, -0.15) is 5.10 Å². The second kappa shape index (κ2) is 4.14. The maximum absolute atomic E-state index is 12.6. The Labute approximate surface area is 118 Å². The van der Waals surface area contributed by atoms with Crippen LogP contribution in [0, 0.1) is 18.6 Å². The predicted octanol–water partition coefficient (Wildman–Crippen LogP) is 2.46. The number of fused-ring (bicyclic) bond motifs is 1. The lowest BCUT2D eigenvalue weighted by atomic mass is 10.2. The van der Waals surface area contributed by atoms with Gasteiger partial charge in [-0.05, 0) is 31.6 Å². The van der Waals surface area contributed by atoms with Gasteiger partial charge in [0.15, 0.2) is 4.77 Å². The van der Waals surface area contributed by atoms with Crippen LogP contribution in [0.25, 0.3) is 15.9 Å². The smallest absolute Gasteiger partial charge is 0.268 e. The molecule has 0 radical (unpaired) electrons. The Hall–Kier alpha value is -1.73. The summed E-state index contributed by atoms with van der Waals surface area (Å²) in [4.78, 5) is 17.7. The Bertz CT molecular complexity index is 897. The Morgan fingerprint density at radius 1 is 1.42 bits per heavy atom. The first-order valence-electron chi connectivity index (χ1n) is 5.73. The van der Waals surface area contributed by atoms with Gasteiger partial charge in [0.2, 0.25) is 0 Å². The average Bonchev–Trinajstić information content (AvgIpc) is 2.85. The third kappa shape index (κ3) is 1.77. The molecule has 0 aliphatic carbocycles. The molecule has 0 fully saturated rings. The van der Waals surface area contributed by atoms with Gasteiger partial charge in [-0.3, -0.25) is 9.48 Å². The average molecular weight is 292 g/mol. The molecule has 0 spiro atoms. The van der Waals surface area contributed by atoms with Crippen LogP contribution in [0.1, 0.15) is 10.4 Å². The van der Waals surface area contributed by atoms with E-state index in [2.05, 4.69) is 10.1 Å². The highest BCUT2D eigenvalue weighted by atomic mass is 32.1. The predicted molar refractivity (Wildman–Crippen MR) is 78.8 cm³/mol. The molecule has 0 aromatic carbocycles. The number of nitrogens with zero attached hydrogens (tertiary/aromatic N) is 3. The van der Waals surface area contributed by atoms with Crippen LogP contribution in [0.2, 0.25) is 0 Å². The molecule has 0 unspecified atom stereocenters. The number of hydrogen-bond acceptors (Lipinski definition) is 4. The molecule has 1 N–H and O–H groups in total. The number of hydrogen-bond donors (Lipinski definition) is 1. The lowest BCUT2D eigenvalue weighted by Gasteiger charge is -2.03. The first-order chi connectivity index (χ1) is 8.99. The zero-order chi connectivity index (χ0) is 13.7. The highest BCUT2D eigenvalue weighted by Gasteiger charge is 2.14. The van der Waals surface area contributed by atoms with Gasteiger partial charge in [0.1, 0.15) is 4.83 Å². The van der Waals surface area contributed by atoms with Crippen LogP contribution in [0.4, 0.5) is 0 Å². The van der Waals surface area contributed by atoms with Crippen molar-refractivity contribution in [2.24, 2.45) is 7.05 Å². The molecule has 3 aromatic rings. The molecule has 5 nitrogen and oxygen atoms in total. The summed E-state index contributed by atoms with van der Waals surface area (Å²) in [6, 6.07) is 0. The van der Waals surface area contributed by atoms with Gasteiger partial charge in [-0.1, -0.05) is 0 Å². The highest BCUT2D eigenvalue weighted by Crippen LogP contribution is 2.26. The molecular formula is C12H12N4OS2. The van der Waals surface area contributed by atoms with E-state index in [4.69, 9.17) is 12.2 Å². The van der Waals surface area contributed by atoms with Crippen LogP contribution in [0.3, 0.4) is 0 Å². The van der Waals surface area contributed by atoms with Crippen LogP contribution >= 0.6 is 23.6 Å². The van der Waals surface area contributed by atoms with Gasteiger partial charge in [-0.15, -0.1) is 11.3 Å². The summed E-state index contributed by atoms with van der Waals surface area (Å²) in [5, 5.41) is 4.79. The van der Waals surface area contributed by atoms with Crippen LogP contribution in [-0.2, 0) is 7.05 Å². The topological polar surface area (TPSA) is 55.6 Å². The van der Waals surface area contributed by atoms with Gasteiger partial charge < -0.3 is 4.98 Å². The van der Waals surface area contributed by atoms with Crippen molar-refractivity contribution >= 4 is 33.8 Å². The minimum atomic E-state index is -0.0893. The van der Waals surface area contributed by atoms with Crippen LogP contribution in [-0.4, -0.2) is 19.3 Å². The quantitative estimate of drug-likeness (QED) is 0.701. The molecular weight excluding hydrogens is 280 g/mol. The Balaban J connectivity index is 2.47. The van der Waals surface area contributed by atoms with Crippen molar-refractivity contribution in [3.8, 4) is 5.69 Å². The summed E-state index contributed by atoms with van der Waals surface area (Å²) >= 11 is 6.85. The summed E-state index contributed by atoms with van der Waals surface area (Å²) in [6.45, 7) is 3.96. The number of thiophene rings is 1. The lowest BCUT2D eigenvalue weighted by molar-refractivity contribution is 0.766. The Morgan fingerprint density at radius 2 is 2.16 bits per heavy atom. The van der Waals surface area contributed by atoms with Crippen LogP contribution < -0.4 is 5.56 Å². The van der Waals surface area contributed by atoms with E-state index in [1.165, 1.54) is 4.57 Å². The maximum atomic E-state index is 12.6. The monoisotopic (exact) mass is 292 g/mol. The summed E-state index contributed by atoms with van der Waals surface area (Å²) < 4.78 is 3.53. The van der Waals surface area contributed by atoms with Gasteiger partial charge in [0.25, 0.3) is 5.56 Å². The number of aryl methyl sites for hydroxylation is 3. The molecule has 0 amide bonds. The van der Waals surface area contributed by atoms with E-state index in [0.29, 0.717) is 15.8 Å². The van der Waals surface area contributed by atoms with Crippen LogP contribution in [0.5, 0.6) is 0 Å². The Morgan fingerprint density at radius 3 is 2.79 bits per heavy atom. The number of rotatable bonds is 1. The standard InChI is InChI=1S/C12H12N4OS2/c1-6-7(2)19-10-9(6)11(17)16(12(18)14-10)8-4-13-15(3)5-8/h4-5H,1-3H3,(H,14,18). The maximum Gasteiger partial charge on any atom is 0.268 e. The molecule has 0 saturated heterocycles. The second-order valence-corrected chi connectivity index (χ2v) is 6.04. The first kappa shape index (κ1) is 12.3. The fourth-order valence-electron chi connectivity index (χ4n) is 2.09. The van der Waals surface area contributed by atoms with E-state index in [-0.39, 0.29) is 5.56 Å². The fourth-order valence-corrected chi connectivity index (χ4v) is 3.49. The van der Waals surface area contributed by atoms with Crippen molar-refractivity contribution in [1.82, 2.24) is 19.3 Å². The fraction of sp³-hybridized carbons (Fsp3) is 0.250. The molecule has 98 valence electrons. The molecule has 3 aromatic heterocycles. The third-order valence-corrected chi connectivity index (χ3v) is 4.58. The van der Waals surface area contributed by atoms with Gasteiger partial charge >= 0.3 is 0 Å². The SMILES string of the molecule is Cc1sc2[nH]c(=S)n(-c3cnn(C)c3)c(=O)c2c1C. The molecule has 0 aliphatic rings. The minimum absolute atomic E-state index is 0.0893. The molecule has 0 aliphatic heterocycles. The molecule has 0 atom stereocenters. The summed E-state index contributed by atoms with van der Waals surface area (Å²) in [5.41, 5.74) is 1.60. The third-order valence-electron chi connectivity index (χ3n) is 3.18. The Kier molecular flexibility index (Phi) is 2.68. The molecule has 3 heterocycles. The van der Waals surface area contributed by atoms with Crippen molar-refractivity contribution in [1.29, 1.82) is 0 Å². The van der Waals surface area contributed by atoms with E-state index >= 15 is 0 Å². The van der Waals surface area contributed by atoms with E-state index in [1.54, 1.807) is 35.5 Å². The zero-order valence-electron chi connectivity index (χ0n) is 10.7. The number of aromatic nitrogens is 4. The molecule has 0 saturated carbocycles. The second-order valence-electron chi connectivity index (χ2n) is 4.43.